The SMILES string of the molecule is CCCc1cccc(C(N)=O)c1OC(C)=O. The quantitative estimate of drug-likeness (QED) is 0.621. The third kappa shape index (κ3) is 2.82. The number of hydrogen-bond donors (Lipinski definition) is 1. The molecule has 0 saturated heterocycles. The molecule has 1 rings (SSSR count). The van der Waals surface area contributed by atoms with Crippen molar-refractivity contribution in [1.29, 1.82) is 0 Å². The molecule has 1 amide bonds. The molecule has 1 aromatic carbocycles. The number of ether oxygens (including phenoxy) is 1. The molecule has 0 aliphatic carbocycles. The molecule has 0 spiro atoms. The number of aryl methyl sites for hydroxylation is 1. The van der Waals surface area contributed by atoms with E-state index in [9.17, 15) is 9.59 Å². The van der Waals surface area contributed by atoms with Crippen molar-refractivity contribution in [3.63, 3.8) is 0 Å². The fourth-order valence-corrected chi connectivity index (χ4v) is 1.51. The van der Waals surface area contributed by atoms with E-state index in [0.29, 0.717) is 5.75 Å². The summed E-state index contributed by atoms with van der Waals surface area (Å²) < 4.78 is 5.05. The second-order valence-electron chi connectivity index (χ2n) is 3.50. The Bertz CT molecular complexity index is 413. The highest BCUT2D eigenvalue weighted by Gasteiger charge is 2.15. The van der Waals surface area contributed by atoms with Crippen LogP contribution in [0.15, 0.2) is 18.2 Å². The third-order valence-corrected chi connectivity index (χ3v) is 2.13. The van der Waals surface area contributed by atoms with Gasteiger partial charge in [0, 0.05) is 6.92 Å². The lowest BCUT2D eigenvalue weighted by atomic mass is 10.0. The predicted octanol–water partition coefficient (Wildman–Crippen LogP) is 1.66. The zero-order chi connectivity index (χ0) is 12.1. The van der Waals surface area contributed by atoms with Crippen LogP contribution in [-0.2, 0) is 11.2 Å². The summed E-state index contributed by atoms with van der Waals surface area (Å²) in [5, 5.41) is 0. The number of carbonyl (C=O) groups is 2. The number of rotatable bonds is 4. The normalized spacial score (nSPS) is 9.88. The van der Waals surface area contributed by atoms with Crippen molar-refractivity contribution in [1.82, 2.24) is 0 Å². The first-order chi connectivity index (χ1) is 7.56. The molecule has 0 atom stereocenters. The Hall–Kier alpha value is -1.84. The highest BCUT2D eigenvalue weighted by atomic mass is 16.5. The van der Waals surface area contributed by atoms with Gasteiger partial charge < -0.3 is 10.5 Å². The largest absolute Gasteiger partial charge is 0.426 e. The van der Waals surface area contributed by atoms with Crippen molar-refractivity contribution in [3.05, 3.63) is 29.3 Å². The molecule has 0 heterocycles. The zero-order valence-corrected chi connectivity index (χ0v) is 9.45. The monoisotopic (exact) mass is 221 g/mol. The van der Waals surface area contributed by atoms with Gasteiger partial charge in [-0.05, 0) is 18.1 Å². The van der Waals surface area contributed by atoms with Gasteiger partial charge in [-0.25, -0.2) is 0 Å². The van der Waals surface area contributed by atoms with Crippen molar-refractivity contribution in [3.8, 4) is 5.75 Å². The highest BCUT2D eigenvalue weighted by Crippen LogP contribution is 2.25. The Morgan fingerprint density at radius 1 is 1.38 bits per heavy atom. The molecule has 0 radical (unpaired) electrons. The van der Waals surface area contributed by atoms with Gasteiger partial charge in [0.05, 0.1) is 5.56 Å². The van der Waals surface area contributed by atoms with Crippen LogP contribution in [0.4, 0.5) is 0 Å². The van der Waals surface area contributed by atoms with Crippen molar-refractivity contribution >= 4 is 11.9 Å². The van der Waals surface area contributed by atoms with Crippen molar-refractivity contribution in [2.24, 2.45) is 5.73 Å². The predicted molar refractivity (Wildman–Crippen MR) is 60.3 cm³/mol. The minimum Gasteiger partial charge on any atom is -0.426 e. The number of nitrogens with two attached hydrogens (primary N) is 1. The first-order valence-electron chi connectivity index (χ1n) is 5.16. The van der Waals surface area contributed by atoms with Crippen molar-refractivity contribution in [2.45, 2.75) is 26.7 Å². The Morgan fingerprint density at radius 2 is 2.06 bits per heavy atom. The van der Waals surface area contributed by atoms with E-state index < -0.39 is 11.9 Å². The van der Waals surface area contributed by atoms with Crippen LogP contribution in [-0.4, -0.2) is 11.9 Å². The van der Waals surface area contributed by atoms with Gasteiger partial charge in [-0.15, -0.1) is 0 Å². The van der Waals surface area contributed by atoms with Crippen LogP contribution < -0.4 is 10.5 Å². The highest BCUT2D eigenvalue weighted by molar-refractivity contribution is 5.96. The summed E-state index contributed by atoms with van der Waals surface area (Å²) in [6, 6.07) is 5.12. The Balaban J connectivity index is 3.22. The molecule has 4 nitrogen and oxygen atoms in total. The average molecular weight is 221 g/mol. The number of para-hydroxylation sites is 1. The van der Waals surface area contributed by atoms with Gasteiger partial charge in [-0.1, -0.05) is 25.5 Å². The minimum absolute atomic E-state index is 0.251. The van der Waals surface area contributed by atoms with Gasteiger partial charge in [-0.3, -0.25) is 9.59 Å². The molecule has 0 aromatic heterocycles. The number of amides is 1. The molecule has 0 unspecified atom stereocenters. The number of esters is 1. The Morgan fingerprint density at radius 3 is 2.56 bits per heavy atom. The summed E-state index contributed by atoms with van der Waals surface area (Å²) in [5.74, 6) is -0.746. The molecule has 0 aliphatic heterocycles. The summed E-state index contributed by atoms with van der Waals surface area (Å²) in [6.45, 7) is 3.31. The topological polar surface area (TPSA) is 69.4 Å². The first kappa shape index (κ1) is 12.2. The van der Waals surface area contributed by atoms with E-state index >= 15 is 0 Å². The van der Waals surface area contributed by atoms with E-state index in [1.807, 2.05) is 13.0 Å². The summed E-state index contributed by atoms with van der Waals surface area (Å²) in [6.07, 6.45) is 1.64. The minimum atomic E-state index is -0.589. The van der Waals surface area contributed by atoms with E-state index in [1.54, 1.807) is 12.1 Å². The molecule has 16 heavy (non-hydrogen) atoms. The molecular formula is C12H15NO3. The molecule has 0 saturated carbocycles. The van der Waals surface area contributed by atoms with E-state index in [1.165, 1.54) is 6.92 Å². The van der Waals surface area contributed by atoms with Crippen LogP contribution in [0, 0.1) is 0 Å². The number of primary amides is 1. The fourth-order valence-electron chi connectivity index (χ4n) is 1.51. The van der Waals surface area contributed by atoms with Crippen LogP contribution in [0.1, 0.15) is 36.2 Å². The van der Waals surface area contributed by atoms with Crippen molar-refractivity contribution in [2.75, 3.05) is 0 Å². The molecule has 1 aromatic rings. The smallest absolute Gasteiger partial charge is 0.308 e. The molecule has 0 bridgehead atoms. The summed E-state index contributed by atoms with van der Waals surface area (Å²) >= 11 is 0. The van der Waals surface area contributed by atoms with Crippen LogP contribution >= 0.6 is 0 Å². The maximum absolute atomic E-state index is 11.2. The van der Waals surface area contributed by atoms with E-state index in [4.69, 9.17) is 10.5 Å². The zero-order valence-electron chi connectivity index (χ0n) is 9.45. The first-order valence-corrected chi connectivity index (χ1v) is 5.16. The van der Waals surface area contributed by atoms with E-state index in [-0.39, 0.29) is 5.56 Å². The van der Waals surface area contributed by atoms with Gasteiger partial charge in [0.1, 0.15) is 5.75 Å². The Kier molecular flexibility index (Phi) is 4.05. The van der Waals surface area contributed by atoms with E-state index in [0.717, 1.165) is 18.4 Å². The number of carbonyl (C=O) groups excluding carboxylic acids is 2. The molecule has 2 N–H and O–H groups in total. The Labute approximate surface area is 94.4 Å². The van der Waals surface area contributed by atoms with Gasteiger partial charge in [-0.2, -0.15) is 0 Å². The number of benzene rings is 1. The van der Waals surface area contributed by atoms with Gasteiger partial charge in [0.2, 0.25) is 0 Å². The van der Waals surface area contributed by atoms with Crippen LogP contribution in [0.2, 0.25) is 0 Å². The molecule has 86 valence electrons. The summed E-state index contributed by atoms with van der Waals surface area (Å²) in [5.41, 5.74) is 6.30. The second kappa shape index (κ2) is 5.30. The van der Waals surface area contributed by atoms with Crippen LogP contribution in [0.3, 0.4) is 0 Å². The van der Waals surface area contributed by atoms with Crippen molar-refractivity contribution < 1.29 is 14.3 Å². The molecule has 0 aliphatic rings. The van der Waals surface area contributed by atoms with Gasteiger partial charge >= 0.3 is 5.97 Å². The maximum atomic E-state index is 11.2. The van der Waals surface area contributed by atoms with Gasteiger partial charge in [0.25, 0.3) is 5.91 Å². The van der Waals surface area contributed by atoms with E-state index in [2.05, 4.69) is 0 Å². The summed E-state index contributed by atoms with van der Waals surface area (Å²) in [4.78, 5) is 22.2. The van der Waals surface area contributed by atoms with Crippen LogP contribution in [0.5, 0.6) is 5.75 Å². The maximum Gasteiger partial charge on any atom is 0.308 e. The summed E-state index contributed by atoms with van der Waals surface area (Å²) in [7, 11) is 0. The lowest BCUT2D eigenvalue weighted by Gasteiger charge is -2.11. The fraction of sp³-hybridized carbons (Fsp3) is 0.333. The third-order valence-electron chi connectivity index (χ3n) is 2.13. The molecular weight excluding hydrogens is 206 g/mol. The number of hydrogen-bond acceptors (Lipinski definition) is 3. The molecule has 4 heteroatoms. The lowest BCUT2D eigenvalue weighted by molar-refractivity contribution is -0.131. The lowest BCUT2D eigenvalue weighted by Crippen LogP contribution is -2.15. The van der Waals surface area contributed by atoms with Gasteiger partial charge in [0.15, 0.2) is 0 Å². The average Bonchev–Trinajstić information content (AvgIpc) is 2.19. The molecule has 0 fully saturated rings. The second-order valence-corrected chi connectivity index (χ2v) is 3.50. The standard InChI is InChI=1S/C12H15NO3/c1-3-5-9-6-4-7-10(12(13)15)11(9)16-8(2)14/h4,6-7H,3,5H2,1-2H3,(H2,13,15). The van der Waals surface area contributed by atoms with Crippen LogP contribution in [0.25, 0.3) is 0 Å².